The lowest BCUT2D eigenvalue weighted by Gasteiger charge is -2.22. The molecule has 1 saturated heterocycles. The average Bonchev–Trinajstić information content (AvgIpc) is 2.90. The summed E-state index contributed by atoms with van der Waals surface area (Å²) in [5, 5.41) is 16.2. The number of nitrogens with two attached hydrogens (primary N) is 1. The Morgan fingerprint density at radius 3 is 2.62 bits per heavy atom. The van der Waals surface area contributed by atoms with Crippen LogP contribution in [0.5, 0.6) is 0 Å². The Bertz CT molecular complexity index is 1080. The first kappa shape index (κ1) is 29.0. The van der Waals surface area contributed by atoms with Crippen LogP contribution in [-0.2, 0) is 10.0 Å². The summed E-state index contributed by atoms with van der Waals surface area (Å²) in [6.45, 7) is 8.86. The molecule has 0 radical (unpaired) electrons. The zero-order valence-corrected chi connectivity index (χ0v) is 22.6. The maximum Gasteiger partial charge on any atom is 0.242 e. The van der Waals surface area contributed by atoms with E-state index in [2.05, 4.69) is 38.8 Å². The van der Waals surface area contributed by atoms with E-state index in [1.807, 2.05) is 0 Å². The number of pyridine rings is 1. The summed E-state index contributed by atoms with van der Waals surface area (Å²) < 4.78 is 28.4. The van der Waals surface area contributed by atoms with Crippen LogP contribution in [0.25, 0.3) is 5.57 Å². The van der Waals surface area contributed by atoms with Gasteiger partial charge in [-0.05, 0) is 76.1 Å². The first-order valence-electron chi connectivity index (χ1n) is 13.2. The second-order valence-corrected chi connectivity index (χ2v) is 11.3. The van der Waals surface area contributed by atoms with Crippen LogP contribution in [-0.4, -0.2) is 62.5 Å². The lowest BCUT2D eigenvalue weighted by atomic mass is 9.96. The van der Waals surface area contributed by atoms with Crippen LogP contribution in [0.1, 0.15) is 64.0 Å². The molecule has 2 aliphatic rings. The number of aliphatic hydroxyl groups excluding tert-OH is 1. The van der Waals surface area contributed by atoms with Gasteiger partial charge in [-0.2, -0.15) is 0 Å². The van der Waals surface area contributed by atoms with Crippen LogP contribution < -0.4 is 21.1 Å². The first-order valence-corrected chi connectivity index (χ1v) is 14.7. The third-order valence-electron chi connectivity index (χ3n) is 6.65. The second-order valence-electron chi connectivity index (χ2n) is 9.55. The number of allylic oxidation sites excluding steroid dienone is 2. The molecular formula is C26H41N7O3S. The smallest absolute Gasteiger partial charge is 0.242 e. The summed E-state index contributed by atoms with van der Waals surface area (Å²) in [5.41, 5.74) is 8.17. The Balaban J connectivity index is 1.84. The number of hydrogen-bond acceptors (Lipinski definition) is 7. The predicted octanol–water partition coefficient (Wildman–Crippen LogP) is 2.29. The van der Waals surface area contributed by atoms with Gasteiger partial charge in [-0.25, -0.2) is 18.1 Å². The minimum absolute atomic E-state index is 0.108. The Kier molecular flexibility index (Phi) is 11.2. The van der Waals surface area contributed by atoms with E-state index in [9.17, 15) is 13.5 Å². The van der Waals surface area contributed by atoms with Crippen molar-refractivity contribution in [3.05, 3.63) is 42.5 Å². The zero-order chi connectivity index (χ0) is 26.7. The number of aromatic nitrogens is 1. The minimum Gasteiger partial charge on any atom is -0.393 e. The molecule has 6 N–H and O–H groups in total. The molecule has 0 spiro atoms. The van der Waals surface area contributed by atoms with E-state index in [1.54, 1.807) is 12.1 Å². The van der Waals surface area contributed by atoms with E-state index >= 15 is 0 Å². The highest BCUT2D eigenvalue weighted by Gasteiger charge is 2.20. The largest absolute Gasteiger partial charge is 0.393 e. The van der Waals surface area contributed by atoms with E-state index in [-0.39, 0.29) is 17.0 Å². The number of sulfonamides is 1. The van der Waals surface area contributed by atoms with Gasteiger partial charge in [0.1, 0.15) is 10.7 Å². The van der Waals surface area contributed by atoms with E-state index in [4.69, 9.17) is 10.7 Å². The van der Waals surface area contributed by atoms with Crippen molar-refractivity contribution in [2.24, 2.45) is 21.6 Å². The summed E-state index contributed by atoms with van der Waals surface area (Å²) in [5.74, 6) is 1.02. The third kappa shape index (κ3) is 9.03. The summed E-state index contributed by atoms with van der Waals surface area (Å²) in [6, 6.07) is 3.18. The standard InChI is InChI=1S/C26H41N7O3S/c1-3-5-14-29-26(27)33-25(32-20-6-8-21(34)9-7-20)23(4-2)24-11-10-22(18-30-24)37(35,36)31-17-19-12-15-28-16-13-19/h4,10-11,18-19,21,28,31,34H,2-3,5-9,12-17H2,1H3,(H3,27,29,33)/b25-23+,32-20?. The molecule has 1 saturated carbocycles. The van der Waals surface area contributed by atoms with Crippen molar-refractivity contribution in [3.8, 4) is 0 Å². The highest BCUT2D eigenvalue weighted by atomic mass is 32.2. The molecule has 0 unspecified atom stereocenters. The molecule has 3 rings (SSSR count). The molecule has 0 aromatic carbocycles. The minimum atomic E-state index is -3.67. The molecule has 1 aliphatic carbocycles. The quantitative estimate of drug-likeness (QED) is 0.127. The molecule has 37 heavy (non-hydrogen) atoms. The fourth-order valence-electron chi connectivity index (χ4n) is 4.30. The summed E-state index contributed by atoms with van der Waals surface area (Å²) >= 11 is 0. The van der Waals surface area contributed by atoms with Crippen LogP contribution in [0.15, 0.2) is 51.7 Å². The van der Waals surface area contributed by atoms with Crippen LogP contribution in [0.4, 0.5) is 0 Å². The number of aliphatic hydroxyl groups is 1. The fraction of sp³-hybridized carbons (Fsp3) is 0.577. The fourth-order valence-corrected chi connectivity index (χ4v) is 5.36. The molecule has 10 nitrogen and oxygen atoms in total. The third-order valence-corrected chi connectivity index (χ3v) is 8.05. The molecule has 1 aromatic rings. The second kappa shape index (κ2) is 14.4. The van der Waals surface area contributed by atoms with E-state index < -0.39 is 10.0 Å². The van der Waals surface area contributed by atoms with Gasteiger partial charge in [-0.1, -0.05) is 26.0 Å². The zero-order valence-electron chi connectivity index (χ0n) is 21.7. The van der Waals surface area contributed by atoms with Gasteiger partial charge < -0.3 is 21.5 Å². The van der Waals surface area contributed by atoms with E-state index in [0.717, 1.165) is 44.5 Å². The van der Waals surface area contributed by atoms with Gasteiger partial charge in [0.15, 0.2) is 5.96 Å². The van der Waals surface area contributed by atoms with Gasteiger partial charge in [0.2, 0.25) is 10.0 Å². The predicted molar refractivity (Wildman–Crippen MR) is 149 cm³/mol. The van der Waals surface area contributed by atoms with Crippen LogP contribution in [0, 0.1) is 5.92 Å². The van der Waals surface area contributed by atoms with E-state index in [1.165, 1.54) is 12.3 Å². The molecule has 0 atom stereocenters. The molecule has 204 valence electrons. The lowest BCUT2D eigenvalue weighted by Crippen LogP contribution is -2.36. The number of nitrogens with zero attached hydrogens (tertiary/aromatic N) is 3. The average molecular weight is 532 g/mol. The highest BCUT2D eigenvalue weighted by molar-refractivity contribution is 7.89. The molecular weight excluding hydrogens is 490 g/mol. The number of guanidine groups is 1. The maximum absolute atomic E-state index is 12.8. The number of aliphatic imine (C=N–C) groups is 2. The maximum atomic E-state index is 12.8. The molecule has 1 aromatic heterocycles. The van der Waals surface area contributed by atoms with Gasteiger partial charge in [-0.3, -0.25) is 9.98 Å². The first-order chi connectivity index (χ1) is 17.8. The Labute approximate surface area is 220 Å². The number of rotatable bonds is 11. The van der Waals surface area contributed by atoms with Crippen molar-refractivity contribution in [1.29, 1.82) is 0 Å². The van der Waals surface area contributed by atoms with Gasteiger partial charge in [-0.15, -0.1) is 0 Å². The number of nitrogens with one attached hydrogen (secondary N) is 3. The van der Waals surface area contributed by atoms with Crippen LogP contribution in [0.2, 0.25) is 0 Å². The van der Waals surface area contributed by atoms with Gasteiger partial charge in [0.05, 0.1) is 11.8 Å². The molecule has 11 heteroatoms. The molecule has 0 bridgehead atoms. The molecule has 2 fully saturated rings. The number of piperidine rings is 1. The van der Waals surface area contributed by atoms with Crippen molar-refractivity contribution in [3.63, 3.8) is 0 Å². The lowest BCUT2D eigenvalue weighted by molar-refractivity contribution is 0.152. The molecule has 2 heterocycles. The van der Waals surface area contributed by atoms with E-state index in [0.29, 0.717) is 61.8 Å². The van der Waals surface area contributed by atoms with Crippen molar-refractivity contribution in [2.75, 3.05) is 26.2 Å². The molecule has 1 aliphatic heterocycles. The van der Waals surface area contributed by atoms with Crippen molar-refractivity contribution in [1.82, 2.24) is 20.3 Å². The SMILES string of the molecule is C=C/C(=C(/N=C1CCC(O)CC1)NC(N)=NCCCC)c1ccc(S(=O)(=O)NCC2CCNCC2)cn1. The molecule has 0 amide bonds. The number of unbranched alkanes of at least 4 members (excludes halogenated alkanes) is 1. The summed E-state index contributed by atoms with van der Waals surface area (Å²) in [7, 11) is -3.67. The van der Waals surface area contributed by atoms with Crippen molar-refractivity contribution in [2.45, 2.75) is 69.3 Å². The summed E-state index contributed by atoms with van der Waals surface area (Å²) in [6.07, 6.45) is 9.17. The Morgan fingerprint density at radius 2 is 2.00 bits per heavy atom. The van der Waals surface area contributed by atoms with Crippen LogP contribution in [0.3, 0.4) is 0 Å². The van der Waals surface area contributed by atoms with Gasteiger partial charge >= 0.3 is 0 Å². The number of hydrogen-bond donors (Lipinski definition) is 5. The van der Waals surface area contributed by atoms with Gasteiger partial charge in [0, 0.05) is 30.6 Å². The Hall–Kier alpha value is -2.60. The summed E-state index contributed by atoms with van der Waals surface area (Å²) in [4.78, 5) is 13.7. The topological polar surface area (TPSA) is 154 Å². The highest BCUT2D eigenvalue weighted by Crippen LogP contribution is 2.23. The van der Waals surface area contributed by atoms with Crippen molar-refractivity contribution < 1.29 is 13.5 Å². The monoisotopic (exact) mass is 531 g/mol. The van der Waals surface area contributed by atoms with Crippen LogP contribution >= 0.6 is 0 Å². The Morgan fingerprint density at radius 1 is 1.27 bits per heavy atom. The normalized spacial score (nSPS) is 20.3. The van der Waals surface area contributed by atoms with Crippen molar-refractivity contribution >= 4 is 27.3 Å². The van der Waals surface area contributed by atoms with Gasteiger partial charge in [0.25, 0.3) is 0 Å².